The summed E-state index contributed by atoms with van der Waals surface area (Å²) < 4.78 is 0. The van der Waals surface area contributed by atoms with Crippen LogP contribution < -0.4 is 0 Å². The summed E-state index contributed by atoms with van der Waals surface area (Å²) in [6.07, 6.45) is 1.90. The molecular weight excluding hydrogens is 246 g/mol. The SMILES string of the molecule is CCC(C)(C=O)CN(C)C(C)c1ccccc1Cl. The zero-order chi connectivity index (χ0) is 13.8. The van der Waals surface area contributed by atoms with Crippen molar-refractivity contribution < 1.29 is 4.79 Å². The molecule has 0 bridgehead atoms. The molecule has 2 unspecified atom stereocenters. The van der Waals surface area contributed by atoms with Gasteiger partial charge in [-0.2, -0.15) is 0 Å². The van der Waals surface area contributed by atoms with E-state index in [9.17, 15) is 4.79 Å². The molecule has 3 heteroatoms. The molecular formula is C15H22ClNO. The number of hydrogen-bond acceptors (Lipinski definition) is 2. The van der Waals surface area contributed by atoms with Crippen LogP contribution in [-0.2, 0) is 4.79 Å². The normalized spacial score (nSPS) is 16.3. The van der Waals surface area contributed by atoms with Crippen LogP contribution in [0.4, 0.5) is 0 Å². The van der Waals surface area contributed by atoms with Crippen molar-refractivity contribution in [2.45, 2.75) is 33.2 Å². The zero-order valence-corrected chi connectivity index (χ0v) is 12.4. The van der Waals surface area contributed by atoms with Crippen LogP contribution in [0.25, 0.3) is 0 Å². The van der Waals surface area contributed by atoms with Crippen LogP contribution in [0.1, 0.15) is 38.8 Å². The van der Waals surface area contributed by atoms with E-state index in [4.69, 9.17) is 11.6 Å². The second-order valence-corrected chi connectivity index (χ2v) is 5.65. The molecule has 18 heavy (non-hydrogen) atoms. The number of carbonyl (C=O) groups excluding carboxylic acids is 1. The lowest BCUT2D eigenvalue weighted by Crippen LogP contribution is -2.35. The van der Waals surface area contributed by atoms with Crippen LogP contribution in [-0.4, -0.2) is 24.8 Å². The largest absolute Gasteiger partial charge is 0.303 e. The molecule has 1 rings (SSSR count). The van der Waals surface area contributed by atoms with E-state index >= 15 is 0 Å². The summed E-state index contributed by atoms with van der Waals surface area (Å²) in [5, 5.41) is 0.779. The van der Waals surface area contributed by atoms with Crippen LogP contribution in [0.2, 0.25) is 5.02 Å². The van der Waals surface area contributed by atoms with E-state index in [1.54, 1.807) is 0 Å². The molecule has 0 spiro atoms. The van der Waals surface area contributed by atoms with Crippen molar-refractivity contribution in [3.8, 4) is 0 Å². The molecule has 0 aliphatic carbocycles. The fourth-order valence-corrected chi connectivity index (χ4v) is 2.28. The molecule has 2 atom stereocenters. The molecule has 0 saturated carbocycles. The molecule has 0 N–H and O–H groups in total. The number of rotatable bonds is 6. The highest BCUT2D eigenvalue weighted by molar-refractivity contribution is 6.31. The van der Waals surface area contributed by atoms with Crippen molar-refractivity contribution in [3.05, 3.63) is 34.9 Å². The minimum absolute atomic E-state index is 0.199. The van der Waals surface area contributed by atoms with Gasteiger partial charge in [-0.15, -0.1) is 0 Å². The van der Waals surface area contributed by atoms with Gasteiger partial charge in [0.2, 0.25) is 0 Å². The Labute approximate surface area is 115 Å². The summed E-state index contributed by atoms with van der Waals surface area (Å²) in [5.74, 6) is 0. The smallest absolute Gasteiger partial charge is 0.127 e. The standard InChI is InChI=1S/C15H22ClNO/c1-5-15(3,11-18)10-17(4)12(2)13-8-6-7-9-14(13)16/h6-9,11-12H,5,10H2,1-4H3. The van der Waals surface area contributed by atoms with Gasteiger partial charge < -0.3 is 4.79 Å². The van der Waals surface area contributed by atoms with Crippen molar-refractivity contribution >= 4 is 17.9 Å². The average Bonchev–Trinajstić information content (AvgIpc) is 2.38. The van der Waals surface area contributed by atoms with Crippen molar-refractivity contribution in [1.82, 2.24) is 4.90 Å². The fourth-order valence-electron chi connectivity index (χ4n) is 1.99. The van der Waals surface area contributed by atoms with Crippen LogP contribution in [0.5, 0.6) is 0 Å². The van der Waals surface area contributed by atoms with Gasteiger partial charge in [0.05, 0.1) is 0 Å². The van der Waals surface area contributed by atoms with Crippen molar-refractivity contribution in [2.75, 3.05) is 13.6 Å². The molecule has 2 nitrogen and oxygen atoms in total. The van der Waals surface area contributed by atoms with E-state index in [1.165, 1.54) is 0 Å². The summed E-state index contributed by atoms with van der Waals surface area (Å²) in [6, 6.07) is 8.06. The average molecular weight is 268 g/mol. The predicted octanol–water partition coefficient (Wildman–Crippen LogP) is 3.95. The summed E-state index contributed by atoms with van der Waals surface area (Å²) in [7, 11) is 2.03. The first-order chi connectivity index (χ1) is 8.43. The molecule has 0 heterocycles. The van der Waals surface area contributed by atoms with E-state index in [1.807, 2.05) is 45.2 Å². The molecule has 0 fully saturated rings. The van der Waals surface area contributed by atoms with Crippen LogP contribution in [0, 0.1) is 5.41 Å². The van der Waals surface area contributed by atoms with Crippen molar-refractivity contribution in [3.63, 3.8) is 0 Å². The van der Waals surface area contributed by atoms with Gasteiger partial charge in [-0.1, -0.05) is 43.6 Å². The number of halogens is 1. The molecule has 0 amide bonds. The summed E-state index contributed by atoms with van der Waals surface area (Å²) >= 11 is 6.21. The van der Waals surface area contributed by atoms with Crippen LogP contribution >= 0.6 is 11.6 Å². The summed E-state index contributed by atoms with van der Waals surface area (Å²) in [6.45, 7) is 6.89. The maximum Gasteiger partial charge on any atom is 0.127 e. The molecule has 100 valence electrons. The number of aldehydes is 1. The van der Waals surface area contributed by atoms with Gasteiger partial charge in [0.25, 0.3) is 0 Å². The highest BCUT2D eigenvalue weighted by Gasteiger charge is 2.26. The van der Waals surface area contributed by atoms with E-state index < -0.39 is 0 Å². The predicted molar refractivity (Wildman–Crippen MR) is 77.0 cm³/mol. The van der Waals surface area contributed by atoms with Gasteiger partial charge in [0, 0.05) is 23.0 Å². The van der Waals surface area contributed by atoms with Gasteiger partial charge in [-0.05, 0) is 32.0 Å². The molecule has 0 radical (unpaired) electrons. The molecule has 1 aromatic carbocycles. The number of nitrogens with zero attached hydrogens (tertiary/aromatic N) is 1. The second-order valence-electron chi connectivity index (χ2n) is 5.24. The third-order valence-electron chi connectivity index (χ3n) is 3.72. The van der Waals surface area contributed by atoms with Gasteiger partial charge in [0.1, 0.15) is 6.29 Å². The lowest BCUT2D eigenvalue weighted by molar-refractivity contribution is -0.116. The minimum atomic E-state index is -0.287. The van der Waals surface area contributed by atoms with Crippen LogP contribution in [0.3, 0.4) is 0 Å². The quantitative estimate of drug-likeness (QED) is 0.728. The maximum absolute atomic E-state index is 11.2. The lowest BCUT2D eigenvalue weighted by Gasteiger charge is -2.32. The van der Waals surface area contributed by atoms with Gasteiger partial charge in [0.15, 0.2) is 0 Å². The van der Waals surface area contributed by atoms with E-state index in [2.05, 4.69) is 11.8 Å². The third kappa shape index (κ3) is 3.56. The topological polar surface area (TPSA) is 20.3 Å². The monoisotopic (exact) mass is 267 g/mol. The van der Waals surface area contributed by atoms with Gasteiger partial charge in [-0.25, -0.2) is 0 Å². The first-order valence-electron chi connectivity index (χ1n) is 6.34. The Bertz CT molecular complexity index is 407. The molecule has 1 aromatic rings. The molecule has 0 aliphatic heterocycles. The zero-order valence-electron chi connectivity index (χ0n) is 11.6. The second kappa shape index (κ2) is 6.35. The van der Waals surface area contributed by atoms with Gasteiger partial charge >= 0.3 is 0 Å². The Morgan fingerprint density at radius 3 is 2.56 bits per heavy atom. The fraction of sp³-hybridized carbons (Fsp3) is 0.533. The Morgan fingerprint density at radius 1 is 1.44 bits per heavy atom. The molecule has 0 saturated heterocycles. The highest BCUT2D eigenvalue weighted by Crippen LogP contribution is 2.29. The Balaban J connectivity index is 2.82. The highest BCUT2D eigenvalue weighted by atomic mass is 35.5. The lowest BCUT2D eigenvalue weighted by atomic mass is 9.88. The molecule has 0 aliphatic rings. The van der Waals surface area contributed by atoms with E-state index in [-0.39, 0.29) is 11.5 Å². The summed E-state index contributed by atoms with van der Waals surface area (Å²) in [4.78, 5) is 13.3. The van der Waals surface area contributed by atoms with Crippen molar-refractivity contribution in [1.29, 1.82) is 0 Å². The third-order valence-corrected chi connectivity index (χ3v) is 4.06. The molecule has 0 aromatic heterocycles. The minimum Gasteiger partial charge on any atom is -0.303 e. The summed E-state index contributed by atoms with van der Waals surface area (Å²) in [5.41, 5.74) is 0.815. The van der Waals surface area contributed by atoms with Gasteiger partial charge in [-0.3, -0.25) is 4.90 Å². The van der Waals surface area contributed by atoms with E-state index in [0.29, 0.717) is 0 Å². The Morgan fingerprint density at radius 2 is 2.06 bits per heavy atom. The first-order valence-corrected chi connectivity index (χ1v) is 6.72. The number of benzene rings is 1. The number of hydrogen-bond donors (Lipinski definition) is 0. The Hall–Kier alpha value is -0.860. The first kappa shape index (κ1) is 15.2. The van der Waals surface area contributed by atoms with Crippen molar-refractivity contribution in [2.24, 2.45) is 5.41 Å². The number of carbonyl (C=O) groups is 1. The maximum atomic E-state index is 11.2. The van der Waals surface area contributed by atoms with Crippen LogP contribution in [0.15, 0.2) is 24.3 Å². The Kier molecular flexibility index (Phi) is 5.36. The van der Waals surface area contributed by atoms with E-state index in [0.717, 1.165) is 29.8 Å².